The molecule has 0 amide bonds. The fraction of sp³-hybridized carbons (Fsp3) is 0.818. The Labute approximate surface area is 86.2 Å². The second kappa shape index (κ2) is 4.91. The van der Waals surface area contributed by atoms with Gasteiger partial charge in [0.25, 0.3) is 0 Å². The fourth-order valence-corrected chi connectivity index (χ4v) is 1.57. The minimum Gasteiger partial charge on any atom is -0.386 e. The first-order valence-electron chi connectivity index (χ1n) is 5.23. The third-order valence-corrected chi connectivity index (χ3v) is 2.75. The highest BCUT2D eigenvalue weighted by Crippen LogP contribution is 2.24. The van der Waals surface area contributed by atoms with Gasteiger partial charge in [-0.05, 0) is 20.8 Å². The Hall–Kier alpha value is -0.380. The summed E-state index contributed by atoms with van der Waals surface area (Å²) in [5.41, 5.74) is 0.621. The van der Waals surface area contributed by atoms with Crippen molar-refractivity contribution in [1.29, 1.82) is 0 Å². The summed E-state index contributed by atoms with van der Waals surface area (Å²) in [6.07, 6.45) is 2.79. The number of allylic oxidation sites excluding steroid dienone is 1. The van der Waals surface area contributed by atoms with Crippen LogP contribution in [0.1, 0.15) is 27.2 Å². The van der Waals surface area contributed by atoms with Gasteiger partial charge in [-0.2, -0.15) is 0 Å². The Morgan fingerprint density at radius 3 is 2.86 bits per heavy atom. The lowest BCUT2D eigenvalue weighted by molar-refractivity contribution is -0.0255. The summed E-state index contributed by atoms with van der Waals surface area (Å²) in [6.45, 7) is 8.16. The number of nitrogens with one attached hydrogen (secondary N) is 1. The summed E-state index contributed by atoms with van der Waals surface area (Å²) < 4.78 is 5.34. The summed E-state index contributed by atoms with van der Waals surface area (Å²) in [7, 11) is 0. The molecule has 0 aromatic heterocycles. The van der Waals surface area contributed by atoms with Crippen LogP contribution in [-0.2, 0) is 4.74 Å². The van der Waals surface area contributed by atoms with E-state index >= 15 is 0 Å². The van der Waals surface area contributed by atoms with Gasteiger partial charge in [-0.1, -0.05) is 11.6 Å². The molecule has 1 heterocycles. The molecule has 0 aromatic carbocycles. The van der Waals surface area contributed by atoms with Crippen LogP contribution >= 0.6 is 0 Å². The maximum Gasteiger partial charge on any atom is 0.105 e. The van der Waals surface area contributed by atoms with Crippen molar-refractivity contribution in [2.75, 3.05) is 19.7 Å². The van der Waals surface area contributed by atoms with E-state index < -0.39 is 5.60 Å². The molecule has 82 valence electrons. The van der Waals surface area contributed by atoms with Gasteiger partial charge >= 0.3 is 0 Å². The van der Waals surface area contributed by atoms with Gasteiger partial charge in [0.2, 0.25) is 0 Å². The number of ether oxygens (including phenoxy) is 1. The zero-order valence-corrected chi connectivity index (χ0v) is 9.34. The molecule has 0 aromatic rings. The van der Waals surface area contributed by atoms with E-state index in [4.69, 9.17) is 4.74 Å². The van der Waals surface area contributed by atoms with Crippen LogP contribution in [0.4, 0.5) is 0 Å². The monoisotopic (exact) mass is 199 g/mol. The SMILES string of the molecule is CC(C)=CCNCC1(O)CCOC1C. The average molecular weight is 199 g/mol. The normalized spacial score (nSPS) is 31.9. The quantitative estimate of drug-likeness (QED) is 0.526. The molecule has 3 heteroatoms. The molecular weight excluding hydrogens is 178 g/mol. The van der Waals surface area contributed by atoms with Gasteiger partial charge in [-0.25, -0.2) is 0 Å². The van der Waals surface area contributed by atoms with Gasteiger partial charge in [0, 0.05) is 26.1 Å². The van der Waals surface area contributed by atoms with Crippen LogP contribution in [0.5, 0.6) is 0 Å². The molecule has 0 saturated carbocycles. The van der Waals surface area contributed by atoms with Gasteiger partial charge in [0.05, 0.1) is 6.10 Å². The predicted molar refractivity (Wildman–Crippen MR) is 57.3 cm³/mol. The molecule has 2 unspecified atom stereocenters. The van der Waals surface area contributed by atoms with E-state index in [9.17, 15) is 5.11 Å². The van der Waals surface area contributed by atoms with E-state index in [-0.39, 0.29) is 6.10 Å². The van der Waals surface area contributed by atoms with Crippen LogP contribution in [0.25, 0.3) is 0 Å². The van der Waals surface area contributed by atoms with Crippen molar-refractivity contribution in [3.8, 4) is 0 Å². The van der Waals surface area contributed by atoms with E-state index in [0.717, 1.165) is 13.0 Å². The van der Waals surface area contributed by atoms with Crippen molar-refractivity contribution in [2.45, 2.75) is 38.9 Å². The van der Waals surface area contributed by atoms with Crippen LogP contribution in [-0.4, -0.2) is 36.5 Å². The lowest BCUT2D eigenvalue weighted by atomic mass is 9.97. The molecule has 0 radical (unpaired) electrons. The van der Waals surface area contributed by atoms with Crippen molar-refractivity contribution >= 4 is 0 Å². The Morgan fingerprint density at radius 1 is 1.64 bits per heavy atom. The number of rotatable bonds is 4. The Morgan fingerprint density at radius 2 is 2.36 bits per heavy atom. The van der Waals surface area contributed by atoms with Crippen LogP contribution in [0, 0.1) is 0 Å². The largest absolute Gasteiger partial charge is 0.386 e. The van der Waals surface area contributed by atoms with E-state index in [1.807, 2.05) is 6.92 Å². The highest BCUT2D eigenvalue weighted by molar-refractivity contribution is 4.96. The first-order chi connectivity index (χ1) is 6.54. The molecule has 14 heavy (non-hydrogen) atoms. The minimum atomic E-state index is -0.671. The summed E-state index contributed by atoms with van der Waals surface area (Å²) in [5, 5.41) is 13.3. The van der Waals surface area contributed by atoms with Crippen molar-refractivity contribution in [2.24, 2.45) is 0 Å². The zero-order valence-electron chi connectivity index (χ0n) is 9.34. The van der Waals surface area contributed by atoms with Crippen LogP contribution in [0.3, 0.4) is 0 Å². The van der Waals surface area contributed by atoms with Gasteiger partial charge in [-0.15, -0.1) is 0 Å². The number of hydrogen-bond donors (Lipinski definition) is 2. The second-order valence-corrected chi connectivity index (χ2v) is 4.28. The summed E-state index contributed by atoms with van der Waals surface area (Å²) in [5.74, 6) is 0. The molecule has 1 aliphatic rings. The van der Waals surface area contributed by atoms with E-state index in [0.29, 0.717) is 13.2 Å². The van der Waals surface area contributed by atoms with Gasteiger partial charge in [-0.3, -0.25) is 0 Å². The highest BCUT2D eigenvalue weighted by atomic mass is 16.5. The van der Waals surface area contributed by atoms with Crippen molar-refractivity contribution in [1.82, 2.24) is 5.32 Å². The maximum absolute atomic E-state index is 10.1. The smallest absolute Gasteiger partial charge is 0.105 e. The van der Waals surface area contributed by atoms with E-state index in [2.05, 4.69) is 25.2 Å². The molecule has 0 bridgehead atoms. The summed E-state index contributed by atoms with van der Waals surface area (Å²) in [4.78, 5) is 0. The summed E-state index contributed by atoms with van der Waals surface area (Å²) >= 11 is 0. The molecule has 0 spiro atoms. The number of aliphatic hydroxyl groups is 1. The Kier molecular flexibility index (Phi) is 4.11. The Bertz CT molecular complexity index is 211. The molecule has 3 nitrogen and oxygen atoms in total. The third kappa shape index (κ3) is 3.08. The van der Waals surface area contributed by atoms with Gasteiger partial charge in [0.1, 0.15) is 5.60 Å². The molecule has 1 fully saturated rings. The molecule has 1 aliphatic heterocycles. The van der Waals surface area contributed by atoms with Crippen molar-refractivity contribution < 1.29 is 9.84 Å². The zero-order chi connectivity index (χ0) is 10.6. The summed E-state index contributed by atoms with van der Waals surface area (Å²) in [6, 6.07) is 0. The first-order valence-corrected chi connectivity index (χ1v) is 5.23. The van der Waals surface area contributed by atoms with Crippen LogP contribution in [0.2, 0.25) is 0 Å². The molecule has 1 rings (SSSR count). The van der Waals surface area contributed by atoms with Crippen LogP contribution in [0.15, 0.2) is 11.6 Å². The topological polar surface area (TPSA) is 41.5 Å². The average Bonchev–Trinajstić information content (AvgIpc) is 2.42. The standard InChI is InChI=1S/C11H21NO2/c1-9(2)4-6-12-8-11(13)5-7-14-10(11)3/h4,10,12-13H,5-8H2,1-3H3. The van der Waals surface area contributed by atoms with Gasteiger partial charge in [0.15, 0.2) is 0 Å². The van der Waals surface area contributed by atoms with E-state index in [1.165, 1.54) is 5.57 Å². The van der Waals surface area contributed by atoms with Crippen LogP contribution < -0.4 is 5.32 Å². The Balaban J connectivity index is 2.26. The fourth-order valence-electron chi connectivity index (χ4n) is 1.57. The minimum absolute atomic E-state index is 0.0540. The number of hydrogen-bond acceptors (Lipinski definition) is 3. The second-order valence-electron chi connectivity index (χ2n) is 4.28. The van der Waals surface area contributed by atoms with E-state index in [1.54, 1.807) is 0 Å². The molecule has 0 aliphatic carbocycles. The lowest BCUT2D eigenvalue weighted by Crippen LogP contribution is -2.45. The lowest BCUT2D eigenvalue weighted by Gasteiger charge is -2.25. The highest BCUT2D eigenvalue weighted by Gasteiger charge is 2.38. The molecular formula is C11H21NO2. The maximum atomic E-state index is 10.1. The van der Waals surface area contributed by atoms with Crippen molar-refractivity contribution in [3.05, 3.63) is 11.6 Å². The molecule has 1 saturated heterocycles. The predicted octanol–water partition coefficient (Wildman–Crippen LogP) is 1.08. The van der Waals surface area contributed by atoms with Crippen molar-refractivity contribution in [3.63, 3.8) is 0 Å². The molecule has 2 N–H and O–H groups in total. The molecule has 2 atom stereocenters. The first kappa shape index (κ1) is 11.7. The third-order valence-electron chi connectivity index (χ3n) is 2.75. The van der Waals surface area contributed by atoms with Gasteiger partial charge < -0.3 is 15.2 Å².